The Bertz CT molecular complexity index is 966. The number of para-hydroxylation sites is 1. The highest BCUT2D eigenvalue weighted by Crippen LogP contribution is 2.27. The molecule has 0 bridgehead atoms. The first-order chi connectivity index (χ1) is 12.4. The van der Waals surface area contributed by atoms with Crippen LogP contribution in [0.15, 0.2) is 42.5 Å². The summed E-state index contributed by atoms with van der Waals surface area (Å²) in [5.74, 6) is 0.310. The number of amides is 1. The number of benzene rings is 2. The third-order valence-corrected chi connectivity index (χ3v) is 4.20. The van der Waals surface area contributed by atoms with Crippen molar-refractivity contribution in [1.29, 1.82) is 0 Å². The highest BCUT2D eigenvalue weighted by atomic mass is 35.5. The molecule has 0 atom stereocenters. The van der Waals surface area contributed by atoms with Gasteiger partial charge in [-0.1, -0.05) is 43.6 Å². The molecule has 0 radical (unpaired) electrons. The third-order valence-electron chi connectivity index (χ3n) is 3.97. The molecule has 0 spiro atoms. The molecule has 1 amide bonds. The number of aromatic hydroxyl groups is 1. The molecular formula is C19H19ClN4O2. The van der Waals surface area contributed by atoms with Gasteiger partial charge in [-0.2, -0.15) is 0 Å². The second kappa shape index (κ2) is 7.17. The van der Waals surface area contributed by atoms with Crippen LogP contribution >= 0.6 is 11.6 Å². The van der Waals surface area contributed by atoms with Gasteiger partial charge in [0.05, 0.1) is 11.4 Å². The first-order valence-corrected chi connectivity index (χ1v) is 8.57. The van der Waals surface area contributed by atoms with Crippen LogP contribution in [0.2, 0.25) is 5.02 Å². The summed E-state index contributed by atoms with van der Waals surface area (Å²) in [4.78, 5) is 16.8. The van der Waals surface area contributed by atoms with Crippen molar-refractivity contribution in [2.45, 2.75) is 26.7 Å². The van der Waals surface area contributed by atoms with E-state index in [-0.39, 0.29) is 17.3 Å². The Labute approximate surface area is 156 Å². The number of hydrogen-bond acceptors (Lipinski definition) is 4. The topological polar surface area (TPSA) is 80.0 Å². The molecule has 1 aromatic heterocycles. The Kier molecular flexibility index (Phi) is 4.95. The summed E-state index contributed by atoms with van der Waals surface area (Å²) >= 11 is 5.90. The van der Waals surface area contributed by atoms with E-state index in [9.17, 15) is 9.90 Å². The van der Waals surface area contributed by atoms with Crippen molar-refractivity contribution < 1.29 is 9.90 Å². The van der Waals surface area contributed by atoms with Gasteiger partial charge in [-0.05, 0) is 42.7 Å². The van der Waals surface area contributed by atoms with Gasteiger partial charge in [0, 0.05) is 5.02 Å². The second-order valence-electron chi connectivity index (χ2n) is 6.22. The van der Waals surface area contributed by atoms with Crippen LogP contribution < -0.4 is 5.32 Å². The van der Waals surface area contributed by atoms with E-state index in [4.69, 9.17) is 11.6 Å². The van der Waals surface area contributed by atoms with Gasteiger partial charge >= 0.3 is 0 Å². The van der Waals surface area contributed by atoms with Gasteiger partial charge in [0.15, 0.2) is 0 Å². The molecule has 134 valence electrons. The average Bonchev–Trinajstić information content (AvgIpc) is 3.00. The van der Waals surface area contributed by atoms with Gasteiger partial charge in [0.25, 0.3) is 5.91 Å². The van der Waals surface area contributed by atoms with Crippen molar-refractivity contribution in [3.05, 3.63) is 64.7 Å². The number of carbonyl (C=O) groups is 1. The number of phenols is 1. The predicted octanol–water partition coefficient (Wildman–Crippen LogP) is 4.31. The van der Waals surface area contributed by atoms with Gasteiger partial charge in [0.2, 0.25) is 5.82 Å². The number of anilines is 1. The number of nitrogens with zero attached hydrogens (tertiary/aromatic N) is 3. The minimum absolute atomic E-state index is 0.0143. The third kappa shape index (κ3) is 3.55. The molecule has 0 aliphatic heterocycles. The van der Waals surface area contributed by atoms with Gasteiger partial charge in [-0.15, -0.1) is 5.10 Å². The summed E-state index contributed by atoms with van der Waals surface area (Å²) < 4.78 is 1.65. The Hall–Kier alpha value is -2.86. The summed E-state index contributed by atoms with van der Waals surface area (Å²) in [5, 5.41) is 17.2. The SMILES string of the molecule is Cc1nc(C(=O)Nc2cc(Cl)ccc2O)nn1-c1ccccc1C(C)C. The number of carbonyl (C=O) groups excluding carboxylic acids is 1. The Morgan fingerprint density at radius 2 is 1.96 bits per heavy atom. The van der Waals surface area contributed by atoms with Crippen molar-refractivity contribution >= 4 is 23.2 Å². The number of halogens is 1. The van der Waals surface area contributed by atoms with Crippen LogP contribution in [0.3, 0.4) is 0 Å². The lowest BCUT2D eigenvalue weighted by atomic mass is 10.0. The maximum Gasteiger partial charge on any atom is 0.295 e. The molecule has 3 rings (SSSR count). The minimum atomic E-state index is -0.522. The highest BCUT2D eigenvalue weighted by Gasteiger charge is 2.18. The molecule has 2 aromatic carbocycles. The molecule has 7 heteroatoms. The lowest BCUT2D eigenvalue weighted by Crippen LogP contribution is -2.14. The van der Waals surface area contributed by atoms with E-state index in [1.807, 2.05) is 24.3 Å². The fourth-order valence-corrected chi connectivity index (χ4v) is 2.84. The number of nitrogens with one attached hydrogen (secondary N) is 1. The quantitative estimate of drug-likeness (QED) is 0.670. The van der Waals surface area contributed by atoms with Crippen LogP contribution in [0.1, 0.15) is 41.8 Å². The van der Waals surface area contributed by atoms with Crippen molar-refractivity contribution in [3.63, 3.8) is 0 Å². The van der Waals surface area contributed by atoms with Gasteiger partial charge in [-0.3, -0.25) is 4.79 Å². The van der Waals surface area contributed by atoms with Gasteiger partial charge < -0.3 is 10.4 Å². The summed E-state index contributed by atoms with van der Waals surface area (Å²) in [6.45, 7) is 5.99. The van der Waals surface area contributed by atoms with Gasteiger partial charge in [-0.25, -0.2) is 9.67 Å². The van der Waals surface area contributed by atoms with Crippen LogP contribution in [0.25, 0.3) is 5.69 Å². The summed E-state index contributed by atoms with van der Waals surface area (Å²) in [6.07, 6.45) is 0. The number of aromatic nitrogens is 3. The van der Waals surface area contributed by atoms with Crippen LogP contribution in [0.4, 0.5) is 5.69 Å². The average molecular weight is 371 g/mol. The number of phenolic OH excluding ortho intramolecular Hbond substituents is 1. The van der Waals surface area contributed by atoms with Crippen molar-refractivity contribution in [2.75, 3.05) is 5.32 Å². The zero-order valence-electron chi connectivity index (χ0n) is 14.7. The number of rotatable bonds is 4. The number of aryl methyl sites for hydroxylation is 1. The van der Waals surface area contributed by atoms with E-state index in [1.54, 1.807) is 11.6 Å². The molecule has 0 saturated carbocycles. The van der Waals surface area contributed by atoms with Crippen LogP contribution in [-0.4, -0.2) is 25.8 Å². The zero-order chi connectivity index (χ0) is 18.8. The van der Waals surface area contributed by atoms with E-state index in [0.29, 0.717) is 16.8 Å². The fraction of sp³-hybridized carbons (Fsp3) is 0.211. The molecule has 0 saturated heterocycles. The van der Waals surface area contributed by atoms with Crippen LogP contribution in [0, 0.1) is 6.92 Å². The monoisotopic (exact) mass is 370 g/mol. The normalized spacial score (nSPS) is 11.0. The van der Waals surface area contributed by atoms with Crippen molar-refractivity contribution in [1.82, 2.24) is 14.8 Å². The van der Waals surface area contributed by atoms with E-state index >= 15 is 0 Å². The first kappa shape index (κ1) is 17.9. The largest absolute Gasteiger partial charge is 0.506 e. The predicted molar refractivity (Wildman–Crippen MR) is 101 cm³/mol. The summed E-state index contributed by atoms with van der Waals surface area (Å²) in [5.41, 5.74) is 2.20. The van der Waals surface area contributed by atoms with Crippen LogP contribution in [-0.2, 0) is 0 Å². The minimum Gasteiger partial charge on any atom is -0.506 e. The smallest absolute Gasteiger partial charge is 0.295 e. The second-order valence-corrected chi connectivity index (χ2v) is 6.66. The van der Waals surface area contributed by atoms with E-state index in [1.165, 1.54) is 18.2 Å². The van der Waals surface area contributed by atoms with E-state index < -0.39 is 5.91 Å². The molecule has 2 N–H and O–H groups in total. The summed E-state index contributed by atoms with van der Waals surface area (Å²) in [6, 6.07) is 12.3. The standard InChI is InChI=1S/C19H19ClN4O2/c1-11(2)14-6-4-5-7-16(14)24-12(3)21-18(23-24)19(26)22-15-10-13(20)8-9-17(15)25/h4-11,25H,1-3H3,(H,22,26). The first-order valence-electron chi connectivity index (χ1n) is 8.19. The maximum atomic E-state index is 12.5. The van der Waals surface area contributed by atoms with Crippen molar-refractivity contribution in [2.24, 2.45) is 0 Å². The summed E-state index contributed by atoms with van der Waals surface area (Å²) in [7, 11) is 0. The molecule has 0 aliphatic carbocycles. The fourth-order valence-electron chi connectivity index (χ4n) is 2.67. The zero-order valence-corrected chi connectivity index (χ0v) is 15.4. The Morgan fingerprint density at radius 1 is 1.23 bits per heavy atom. The molecule has 3 aromatic rings. The number of hydrogen-bond donors (Lipinski definition) is 2. The van der Waals surface area contributed by atoms with Gasteiger partial charge in [0.1, 0.15) is 11.6 Å². The molecule has 6 nitrogen and oxygen atoms in total. The Balaban J connectivity index is 1.93. The molecular weight excluding hydrogens is 352 g/mol. The molecule has 26 heavy (non-hydrogen) atoms. The molecule has 1 heterocycles. The maximum absolute atomic E-state index is 12.5. The highest BCUT2D eigenvalue weighted by molar-refractivity contribution is 6.31. The van der Waals surface area contributed by atoms with Crippen molar-refractivity contribution in [3.8, 4) is 11.4 Å². The molecule has 0 fully saturated rings. The molecule has 0 unspecified atom stereocenters. The van der Waals surface area contributed by atoms with E-state index in [0.717, 1.165) is 11.3 Å². The lowest BCUT2D eigenvalue weighted by molar-refractivity contribution is 0.101. The lowest BCUT2D eigenvalue weighted by Gasteiger charge is -2.12. The molecule has 0 aliphatic rings. The Morgan fingerprint density at radius 3 is 2.69 bits per heavy atom. The van der Waals surface area contributed by atoms with Crippen LogP contribution in [0.5, 0.6) is 5.75 Å². The van der Waals surface area contributed by atoms with E-state index in [2.05, 4.69) is 29.2 Å².